The first-order chi connectivity index (χ1) is 34.5. The summed E-state index contributed by atoms with van der Waals surface area (Å²) in [6.45, 7) is 7.83. The number of nitrogens with one attached hydrogen (secondary N) is 2. The number of carbonyl (C=O) groups is 4. The number of aliphatic hydroxyl groups is 2. The Morgan fingerprint density at radius 3 is 2.41 bits per heavy atom. The molecule has 74 heavy (non-hydrogen) atoms. The molecule has 1 saturated heterocycles. The topological polar surface area (TPSA) is 381 Å². The minimum Gasteiger partial charge on any atom is -0.386 e. The number of aromatic nitrogens is 4. The van der Waals surface area contributed by atoms with Crippen molar-refractivity contribution >= 4 is 74.9 Å². The van der Waals surface area contributed by atoms with E-state index in [-0.39, 0.29) is 52.4 Å². The third kappa shape index (κ3) is 13.5. The number of nitrogens with zero attached hydrogens (tertiary/aromatic N) is 4. The van der Waals surface area contributed by atoms with Crippen molar-refractivity contribution < 1.29 is 85.3 Å². The number of thioether (sulfide) groups is 1. The lowest BCUT2D eigenvalue weighted by atomic mass is 9.44. The van der Waals surface area contributed by atoms with Gasteiger partial charge in [0.2, 0.25) is 11.8 Å². The number of ketones is 1. The van der Waals surface area contributed by atoms with E-state index in [2.05, 4.69) is 55.2 Å². The molecule has 4 saturated carbocycles. The van der Waals surface area contributed by atoms with Crippen LogP contribution in [0.15, 0.2) is 12.7 Å². The molecule has 2 aromatic heterocycles. The monoisotopic (exact) mass is 1120 g/mol. The van der Waals surface area contributed by atoms with Crippen molar-refractivity contribution in [1.82, 2.24) is 30.2 Å². The highest BCUT2D eigenvalue weighted by Gasteiger charge is 2.61. The Hall–Kier alpha value is -2.77. The van der Waals surface area contributed by atoms with Gasteiger partial charge in [-0.3, -0.25) is 37.3 Å². The summed E-state index contributed by atoms with van der Waals surface area (Å²) in [6.07, 6.45) is 4.21. The average molecular weight is 1120 g/mol. The standard InChI is InChI=1S/C45H72N7O18P3S/c1-25(29-9-10-30-28-8-7-26-20-27(53)12-15-44(26,4)31(28)13-16-45(29,30)5)6-11-34(55)74-19-18-47-33(54)14-17-48-41(58)38(57)43(2,3)22-67-73(64,65)70-72(62,63)66-21-32-37(69-71(59,60)61)36(56)42(68-32)52-24-51-35-39(46)49-23-50-40(35)52/h23-26,28-32,36-38,42,56-57H,6-22H2,1-5H3,(H,47,54)(H,48,58)(H,62,63)(H,64,65)(H2,46,49,50)(H2,59,60,61)/t25-,26?,28?,29-,30?,31?,32-,36-,37-,38+,42-,44+,45-/m1/s1. The van der Waals surface area contributed by atoms with Gasteiger partial charge < -0.3 is 50.9 Å². The Morgan fingerprint density at radius 1 is 0.959 bits per heavy atom. The highest BCUT2D eigenvalue weighted by Crippen LogP contribution is 2.68. The fraction of sp³-hybridized carbons (Fsp3) is 0.800. The molecule has 15 atom stereocenters. The van der Waals surface area contributed by atoms with Crippen LogP contribution in [0.3, 0.4) is 0 Å². The third-order valence-electron chi connectivity index (χ3n) is 16.8. The molecule has 29 heteroatoms. The number of ether oxygens (including phenoxy) is 1. The molecule has 4 aliphatic carbocycles. The second-order valence-electron chi connectivity index (χ2n) is 21.9. The zero-order valence-electron chi connectivity index (χ0n) is 42.2. The number of amides is 2. The third-order valence-corrected chi connectivity index (χ3v) is 20.8. The molecule has 0 spiro atoms. The first-order valence-electron chi connectivity index (χ1n) is 25.1. The van der Waals surface area contributed by atoms with Gasteiger partial charge in [-0.1, -0.05) is 46.4 Å². The van der Waals surface area contributed by atoms with E-state index in [1.807, 2.05) is 0 Å². The molecule has 416 valence electrons. The van der Waals surface area contributed by atoms with Crippen molar-refractivity contribution in [3.63, 3.8) is 0 Å². The Balaban J connectivity index is 0.774. The van der Waals surface area contributed by atoms with E-state index in [9.17, 15) is 62.7 Å². The Kier molecular flexibility index (Phi) is 18.5. The fourth-order valence-electron chi connectivity index (χ4n) is 12.9. The Labute approximate surface area is 433 Å². The van der Waals surface area contributed by atoms with Crippen LogP contribution in [0.25, 0.3) is 11.2 Å². The quantitative estimate of drug-likeness (QED) is 0.0553. The van der Waals surface area contributed by atoms with Crippen LogP contribution in [0.1, 0.15) is 118 Å². The van der Waals surface area contributed by atoms with E-state index in [0.29, 0.717) is 47.5 Å². The van der Waals surface area contributed by atoms with Crippen LogP contribution in [0.5, 0.6) is 0 Å². The molecule has 0 radical (unpaired) electrons. The number of nitrogen functional groups attached to an aromatic ring is 1. The molecule has 1 aliphatic heterocycles. The highest BCUT2D eigenvalue weighted by molar-refractivity contribution is 8.13. The van der Waals surface area contributed by atoms with Crippen molar-refractivity contribution in [3.8, 4) is 0 Å². The zero-order valence-corrected chi connectivity index (χ0v) is 45.7. The number of Topliss-reactive ketones (excluding diaryl/α,β-unsaturated/α-hetero) is 1. The van der Waals surface area contributed by atoms with E-state index in [1.54, 1.807) is 0 Å². The zero-order chi connectivity index (χ0) is 54.2. The predicted octanol–water partition coefficient (Wildman–Crippen LogP) is 4.31. The van der Waals surface area contributed by atoms with E-state index in [1.165, 1.54) is 64.1 Å². The number of carbonyl (C=O) groups excluding carboxylic acids is 4. The smallest absolute Gasteiger partial charge is 0.386 e. The minimum absolute atomic E-state index is 0.0316. The number of anilines is 1. The Bertz CT molecular complexity index is 2540. The van der Waals surface area contributed by atoms with Gasteiger partial charge in [-0.05, 0) is 97.7 Å². The summed E-state index contributed by atoms with van der Waals surface area (Å²) in [5, 5.41) is 26.9. The number of aliphatic hydroxyl groups excluding tert-OH is 2. The highest BCUT2D eigenvalue weighted by atomic mass is 32.2. The number of rotatable bonds is 23. The van der Waals surface area contributed by atoms with Crippen LogP contribution in [-0.4, -0.2) is 128 Å². The van der Waals surface area contributed by atoms with Crippen LogP contribution in [0, 0.1) is 51.8 Å². The molecule has 0 aromatic carbocycles. The lowest BCUT2D eigenvalue weighted by Crippen LogP contribution is -2.53. The summed E-state index contributed by atoms with van der Waals surface area (Å²) in [5.41, 5.74) is 4.85. The molecule has 5 aliphatic rings. The molecule has 3 heterocycles. The van der Waals surface area contributed by atoms with Gasteiger partial charge in [0.15, 0.2) is 22.8 Å². The van der Waals surface area contributed by atoms with Gasteiger partial charge in [-0.15, -0.1) is 0 Å². The second-order valence-corrected chi connectivity index (χ2v) is 27.3. The maximum atomic E-state index is 12.9. The van der Waals surface area contributed by atoms with Gasteiger partial charge in [0.05, 0.1) is 19.5 Å². The first-order valence-corrected chi connectivity index (χ1v) is 30.6. The molecule has 2 amide bonds. The maximum absolute atomic E-state index is 12.9. The summed E-state index contributed by atoms with van der Waals surface area (Å²) in [6, 6.07) is 0. The Morgan fingerprint density at radius 2 is 1.68 bits per heavy atom. The fourth-order valence-corrected chi connectivity index (χ4v) is 16.5. The molecule has 10 N–H and O–H groups in total. The summed E-state index contributed by atoms with van der Waals surface area (Å²) in [4.78, 5) is 102. The molecule has 5 fully saturated rings. The molecule has 6 unspecified atom stereocenters. The summed E-state index contributed by atoms with van der Waals surface area (Å²) >= 11 is 1.18. The largest absolute Gasteiger partial charge is 0.481 e. The van der Waals surface area contributed by atoms with Crippen LogP contribution in [-0.2, 0) is 55.5 Å². The number of hydrogen-bond donors (Lipinski definition) is 9. The summed E-state index contributed by atoms with van der Waals surface area (Å²) < 4.78 is 62.7. The number of hydrogen-bond acceptors (Lipinski definition) is 19. The number of imidazole rings is 1. The van der Waals surface area contributed by atoms with Crippen molar-refractivity contribution in [2.75, 3.05) is 37.8 Å². The number of nitrogens with two attached hydrogens (primary N) is 1. The van der Waals surface area contributed by atoms with Gasteiger partial charge in [0, 0.05) is 49.9 Å². The van der Waals surface area contributed by atoms with Gasteiger partial charge >= 0.3 is 23.5 Å². The lowest BCUT2D eigenvalue weighted by Gasteiger charge is -2.60. The average Bonchev–Trinajstić information content (AvgIpc) is 4.00. The molecule has 25 nitrogen and oxygen atoms in total. The molecule has 2 aromatic rings. The number of fused-ring (bicyclic) bond motifs is 6. The predicted molar refractivity (Wildman–Crippen MR) is 266 cm³/mol. The molecular formula is C45H72N7O18P3S. The van der Waals surface area contributed by atoms with Crippen molar-refractivity contribution in [2.45, 2.75) is 142 Å². The van der Waals surface area contributed by atoms with E-state index in [0.717, 1.165) is 48.8 Å². The van der Waals surface area contributed by atoms with E-state index in [4.69, 9.17) is 19.5 Å². The number of phosphoric ester groups is 3. The second kappa shape index (κ2) is 23.3. The summed E-state index contributed by atoms with van der Waals surface area (Å²) in [5.74, 6) is 3.07. The van der Waals surface area contributed by atoms with Gasteiger partial charge in [0.1, 0.15) is 42.0 Å². The van der Waals surface area contributed by atoms with Crippen molar-refractivity contribution in [1.29, 1.82) is 0 Å². The molecule has 0 bridgehead atoms. The van der Waals surface area contributed by atoms with E-state index >= 15 is 0 Å². The normalized spacial score (nSPS) is 32.6. The van der Waals surface area contributed by atoms with Gasteiger partial charge in [-0.25, -0.2) is 28.6 Å². The van der Waals surface area contributed by atoms with Crippen LogP contribution < -0.4 is 16.4 Å². The van der Waals surface area contributed by atoms with Crippen LogP contribution in [0.2, 0.25) is 0 Å². The van der Waals surface area contributed by atoms with Crippen molar-refractivity contribution in [3.05, 3.63) is 12.7 Å². The first kappa shape index (κ1) is 58.9. The maximum Gasteiger partial charge on any atom is 0.481 e. The van der Waals surface area contributed by atoms with Crippen LogP contribution >= 0.6 is 35.2 Å². The van der Waals surface area contributed by atoms with Gasteiger partial charge in [0.25, 0.3) is 0 Å². The minimum atomic E-state index is -5.59. The summed E-state index contributed by atoms with van der Waals surface area (Å²) in [7, 11) is -16.4. The molecular weight excluding hydrogens is 1050 g/mol. The van der Waals surface area contributed by atoms with E-state index < -0.39 is 84.6 Å². The SMILES string of the molecule is C[C@H](CCC(=O)SCCNC(=O)CCNC(=O)[C@H](O)C(C)(C)COP(=O)(O)OP(=O)(O)OC[C@H]1O[C@@H](n2cnc3c(N)ncnc32)[C@H](O)[C@@H]1OP(=O)(O)O)[C@H]1CCC2C3CCC4CC(=O)CC[C@]4(C)C3CC[C@@]21C. The number of phosphoric acid groups is 3. The molecule has 7 rings (SSSR count). The van der Waals surface area contributed by atoms with Gasteiger partial charge in [-0.2, -0.15) is 4.31 Å². The van der Waals surface area contributed by atoms with Crippen LogP contribution in [0.4, 0.5) is 5.82 Å². The van der Waals surface area contributed by atoms with Crippen molar-refractivity contribution in [2.24, 2.45) is 51.8 Å². The lowest BCUT2D eigenvalue weighted by molar-refractivity contribution is -0.140.